The van der Waals surface area contributed by atoms with Crippen molar-refractivity contribution in [1.29, 1.82) is 5.26 Å². The van der Waals surface area contributed by atoms with E-state index in [1.807, 2.05) is 17.1 Å². The second-order valence-electron chi connectivity index (χ2n) is 3.24. The number of fused-ring (bicyclic) bond motifs is 1. The SMILES string of the molecule is COCN1C=NC2CC=C(C#N)C=C21. The molecule has 0 N–H and O–H groups in total. The van der Waals surface area contributed by atoms with Gasteiger partial charge in [0.2, 0.25) is 0 Å². The van der Waals surface area contributed by atoms with Crippen molar-refractivity contribution in [3.05, 3.63) is 23.4 Å². The molecule has 2 rings (SSSR count). The van der Waals surface area contributed by atoms with Gasteiger partial charge in [-0.15, -0.1) is 0 Å². The maximum absolute atomic E-state index is 8.77. The molecule has 0 saturated heterocycles. The first-order valence-electron chi connectivity index (χ1n) is 4.46. The van der Waals surface area contributed by atoms with E-state index in [-0.39, 0.29) is 6.04 Å². The van der Waals surface area contributed by atoms with Gasteiger partial charge >= 0.3 is 0 Å². The van der Waals surface area contributed by atoms with E-state index >= 15 is 0 Å². The fourth-order valence-corrected chi connectivity index (χ4v) is 1.64. The van der Waals surface area contributed by atoms with E-state index in [1.165, 1.54) is 0 Å². The zero-order valence-corrected chi connectivity index (χ0v) is 7.97. The van der Waals surface area contributed by atoms with Crippen molar-refractivity contribution in [3.8, 4) is 6.07 Å². The van der Waals surface area contributed by atoms with Gasteiger partial charge in [-0.05, 0) is 12.5 Å². The summed E-state index contributed by atoms with van der Waals surface area (Å²) in [5.41, 5.74) is 1.77. The van der Waals surface area contributed by atoms with Crippen molar-refractivity contribution >= 4 is 6.34 Å². The van der Waals surface area contributed by atoms with E-state index < -0.39 is 0 Å². The molecule has 1 atom stereocenters. The van der Waals surface area contributed by atoms with Gasteiger partial charge in [0, 0.05) is 18.4 Å². The minimum Gasteiger partial charge on any atom is -0.364 e. The monoisotopic (exact) mass is 189 g/mol. The molecule has 72 valence electrons. The van der Waals surface area contributed by atoms with Crippen LogP contribution in [-0.2, 0) is 4.74 Å². The molecule has 4 nitrogen and oxygen atoms in total. The summed E-state index contributed by atoms with van der Waals surface area (Å²) < 4.78 is 5.04. The Labute approximate surface area is 82.8 Å². The number of nitrogens with zero attached hydrogens (tertiary/aromatic N) is 3. The molecule has 1 heterocycles. The first-order chi connectivity index (χ1) is 6.85. The molecule has 0 aromatic carbocycles. The highest BCUT2D eigenvalue weighted by Gasteiger charge is 2.25. The Morgan fingerprint density at radius 3 is 3.36 bits per heavy atom. The number of ether oxygens (including phenoxy) is 1. The number of rotatable bonds is 2. The fraction of sp³-hybridized carbons (Fsp3) is 0.400. The lowest BCUT2D eigenvalue weighted by Crippen LogP contribution is -2.24. The molecular weight excluding hydrogens is 178 g/mol. The standard InChI is InChI=1S/C10H11N3O/c1-14-7-13-6-12-9-3-2-8(5-11)4-10(9)13/h2,4,6,9H,3,7H2,1H3. The molecule has 0 amide bonds. The molecule has 14 heavy (non-hydrogen) atoms. The van der Waals surface area contributed by atoms with Gasteiger partial charge in [-0.2, -0.15) is 5.26 Å². The van der Waals surface area contributed by atoms with Gasteiger partial charge in [-0.1, -0.05) is 6.08 Å². The molecule has 0 bridgehead atoms. The summed E-state index contributed by atoms with van der Waals surface area (Å²) in [4.78, 5) is 6.25. The van der Waals surface area contributed by atoms with Gasteiger partial charge in [0.15, 0.2) is 0 Å². The van der Waals surface area contributed by atoms with E-state index in [2.05, 4.69) is 11.1 Å². The van der Waals surface area contributed by atoms with Crippen molar-refractivity contribution in [2.24, 2.45) is 4.99 Å². The minimum atomic E-state index is 0.183. The van der Waals surface area contributed by atoms with Crippen LogP contribution in [0.5, 0.6) is 0 Å². The molecule has 0 aromatic heterocycles. The zero-order valence-electron chi connectivity index (χ0n) is 7.97. The van der Waals surface area contributed by atoms with Crippen LogP contribution in [0.1, 0.15) is 6.42 Å². The van der Waals surface area contributed by atoms with Gasteiger partial charge in [0.25, 0.3) is 0 Å². The molecule has 0 saturated carbocycles. The van der Waals surface area contributed by atoms with E-state index in [4.69, 9.17) is 10.00 Å². The molecule has 4 heteroatoms. The number of nitriles is 1. The molecule has 1 aliphatic carbocycles. The first kappa shape index (κ1) is 8.97. The van der Waals surface area contributed by atoms with E-state index in [0.717, 1.165) is 12.1 Å². The number of hydrogen-bond donors (Lipinski definition) is 0. The molecule has 0 fully saturated rings. The third-order valence-corrected chi connectivity index (χ3v) is 2.32. The fourth-order valence-electron chi connectivity index (χ4n) is 1.64. The van der Waals surface area contributed by atoms with Crippen LogP contribution in [-0.4, -0.2) is 31.1 Å². The Morgan fingerprint density at radius 1 is 1.79 bits per heavy atom. The van der Waals surface area contributed by atoms with Crippen molar-refractivity contribution in [1.82, 2.24) is 4.90 Å². The van der Waals surface area contributed by atoms with Crippen molar-refractivity contribution in [2.45, 2.75) is 12.5 Å². The van der Waals surface area contributed by atoms with Crippen molar-refractivity contribution in [2.75, 3.05) is 13.8 Å². The Morgan fingerprint density at radius 2 is 2.64 bits per heavy atom. The van der Waals surface area contributed by atoms with Crippen molar-refractivity contribution < 1.29 is 4.74 Å². The van der Waals surface area contributed by atoms with Crippen LogP contribution in [0.2, 0.25) is 0 Å². The first-order valence-corrected chi connectivity index (χ1v) is 4.46. The molecule has 1 aliphatic heterocycles. The van der Waals surface area contributed by atoms with Gasteiger partial charge < -0.3 is 9.64 Å². The van der Waals surface area contributed by atoms with E-state index in [1.54, 1.807) is 13.4 Å². The number of methoxy groups -OCH3 is 1. The van der Waals surface area contributed by atoms with Crippen LogP contribution in [0.4, 0.5) is 0 Å². The Hall–Kier alpha value is -1.60. The van der Waals surface area contributed by atoms with Crippen molar-refractivity contribution in [3.63, 3.8) is 0 Å². The quantitative estimate of drug-likeness (QED) is 0.652. The van der Waals surface area contributed by atoms with Gasteiger partial charge in [-0.25, -0.2) is 0 Å². The summed E-state index contributed by atoms with van der Waals surface area (Å²) >= 11 is 0. The number of allylic oxidation sites excluding steroid dienone is 2. The lowest BCUT2D eigenvalue weighted by Gasteiger charge is -2.20. The highest BCUT2D eigenvalue weighted by Crippen LogP contribution is 2.26. The molecular formula is C10H11N3O. The summed E-state index contributed by atoms with van der Waals surface area (Å²) in [6.07, 6.45) is 6.38. The Bertz CT molecular complexity index is 362. The Balaban J connectivity index is 2.20. The van der Waals surface area contributed by atoms with Crippen LogP contribution in [0.3, 0.4) is 0 Å². The maximum atomic E-state index is 8.77. The third kappa shape index (κ3) is 1.42. The average Bonchev–Trinajstić information content (AvgIpc) is 2.61. The maximum Gasteiger partial charge on any atom is 0.123 e. The van der Waals surface area contributed by atoms with E-state index in [0.29, 0.717) is 12.3 Å². The number of hydrogen-bond acceptors (Lipinski definition) is 4. The second kappa shape index (κ2) is 3.64. The van der Waals surface area contributed by atoms with Crippen LogP contribution >= 0.6 is 0 Å². The predicted octanol–water partition coefficient (Wildman–Crippen LogP) is 1.04. The summed E-state index contributed by atoms with van der Waals surface area (Å²) in [7, 11) is 1.64. The second-order valence-corrected chi connectivity index (χ2v) is 3.24. The highest BCUT2D eigenvalue weighted by atomic mass is 16.5. The van der Waals surface area contributed by atoms with Crippen LogP contribution in [0.15, 0.2) is 28.4 Å². The molecule has 0 aromatic rings. The molecule has 1 unspecified atom stereocenters. The van der Waals surface area contributed by atoms with E-state index in [9.17, 15) is 0 Å². The summed E-state index contributed by atoms with van der Waals surface area (Å²) in [5, 5.41) is 8.77. The van der Waals surface area contributed by atoms with Gasteiger partial charge in [0.05, 0.1) is 18.4 Å². The normalized spacial score (nSPS) is 24.0. The van der Waals surface area contributed by atoms with Crippen LogP contribution in [0, 0.1) is 11.3 Å². The van der Waals surface area contributed by atoms with Crippen LogP contribution < -0.4 is 0 Å². The summed E-state index contributed by atoms with van der Waals surface area (Å²) in [5.74, 6) is 0. The average molecular weight is 189 g/mol. The number of aliphatic imine (C=N–C) groups is 1. The summed E-state index contributed by atoms with van der Waals surface area (Å²) in [6.45, 7) is 0.491. The third-order valence-electron chi connectivity index (χ3n) is 2.32. The smallest absolute Gasteiger partial charge is 0.123 e. The van der Waals surface area contributed by atoms with Crippen LogP contribution in [0.25, 0.3) is 0 Å². The lowest BCUT2D eigenvalue weighted by atomic mass is 10.0. The topological polar surface area (TPSA) is 48.6 Å². The molecule has 0 spiro atoms. The molecule has 2 aliphatic rings. The Kier molecular flexibility index (Phi) is 2.33. The zero-order chi connectivity index (χ0) is 9.97. The minimum absolute atomic E-state index is 0.183. The highest BCUT2D eigenvalue weighted by molar-refractivity contribution is 5.65. The largest absolute Gasteiger partial charge is 0.364 e. The molecule has 0 radical (unpaired) electrons. The van der Waals surface area contributed by atoms with Gasteiger partial charge in [0.1, 0.15) is 6.73 Å². The predicted molar refractivity (Wildman–Crippen MR) is 52.4 cm³/mol. The van der Waals surface area contributed by atoms with Gasteiger partial charge in [-0.3, -0.25) is 4.99 Å². The summed E-state index contributed by atoms with van der Waals surface area (Å²) in [6, 6.07) is 2.32. The lowest BCUT2D eigenvalue weighted by molar-refractivity contribution is 0.131.